The van der Waals surface area contributed by atoms with E-state index in [9.17, 15) is 18.4 Å². The molecule has 0 saturated heterocycles. The van der Waals surface area contributed by atoms with Crippen LogP contribution in [0, 0.1) is 18.6 Å². The fourth-order valence-corrected chi connectivity index (χ4v) is 3.30. The van der Waals surface area contributed by atoms with E-state index in [2.05, 4.69) is 10.3 Å². The first-order valence-electron chi connectivity index (χ1n) is 9.32. The van der Waals surface area contributed by atoms with E-state index in [0.29, 0.717) is 28.1 Å². The normalized spacial score (nSPS) is 10.8. The van der Waals surface area contributed by atoms with Crippen LogP contribution in [-0.2, 0) is 0 Å². The van der Waals surface area contributed by atoms with Gasteiger partial charge < -0.3 is 10.1 Å². The highest BCUT2D eigenvalue weighted by atomic mass is 19.2. The number of hydrogen-bond donors (Lipinski definition) is 1. The fourth-order valence-electron chi connectivity index (χ4n) is 3.30. The number of hydrogen-bond acceptors (Lipinski definition) is 4. The molecule has 156 valence electrons. The molecular weight excluding hydrogens is 404 g/mol. The number of anilines is 1. The van der Waals surface area contributed by atoms with Crippen LogP contribution in [0.3, 0.4) is 0 Å². The first-order chi connectivity index (χ1) is 14.9. The van der Waals surface area contributed by atoms with E-state index in [1.807, 2.05) is 6.07 Å². The molecule has 4 aromatic rings. The molecule has 0 aliphatic heterocycles. The first kappa shape index (κ1) is 20.2. The molecule has 0 saturated carbocycles. The third kappa shape index (κ3) is 3.75. The second-order valence-electron chi connectivity index (χ2n) is 6.78. The van der Waals surface area contributed by atoms with Gasteiger partial charge in [0.05, 0.1) is 29.4 Å². The van der Waals surface area contributed by atoms with Gasteiger partial charge >= 0.3 is 0 Å². The number of halogens is 2. The molecule has 3 aromatic carbocycles. The number of nitrogens with one attached hydrogen (secondary N) is 1. The van der Waals surface area contributed by atoms with Crippen LogP contribution >= 0.6 is 0 Å². The first-order valence-corrected chi connectivity index (χ1v) is 9.32. The molecule has 0 atom stereocenters. The van der Waals surface area contributed by atoms with Crippen LogP contribution in [0.4, 0.5) is 14.5 Å². The smallest absolute Gasteiger partial charge is 0.265 e. The summed E-state index contributed by atoms with van der Waals surface area (Å²) in [5.74, 6) is -2.01. The Labute approximate surface area is 175 Å². The third-order valence-corrected chi connectivity index (χ3v) is 4.82. The van der Waals surface area contributed by atoms with E-state index < -0.39 is 17.5 Å². The third-order valence-electron chi connectivity index (χ3n) is 4.82. The van der Waals surface area contributed by atoms with Crippen LogP contribution in [0.25, 0.3) is 16.6 Å². The lowest BCUT2D eigenvalue weighted by Crippen LogP contribution is -2.22. The topological polar surface area (TPSA) is 73.2 Å². The maximum atomic E-state index is 13.4. The Morgan fingerprint density at radius 3 is 2.55 bits per heavy atom. The number of amides is 1. The average molecular weight is 421 g/mol. The number of carbonyl (C=O) groups excluding carboxylic acids is 1. The van der Waals surface area contributed by atoms with E-state index in [1.54, 1.807) is 43.3 Å². The van der Waals surface area contributed by atoms with Crippen molar-refractivity contribution in [2.45, 2.75) is 6.92 Å². The molecule has 0 aliphatic carbocycles. The number of para-hydroxylation sites is 1. The summed E-state index contributed by atoms with van der Waals surface area (Å²) in [5.41, 5.74) is 1.13. The molecule has 1 aromatic heterocycles. The Bertz CT molecular complexity index is 1380. The predicted molar refractivity (Wildman–Crippen MR) is 113 cm³/mol. The van der Waals surface area contributed by atoms with Gasteiger partial charge in [-0.15, -0.1) is 0 Å². The Morgan fingerprint density at radius 1 is 1.03 bits per heavy atom. The maximum Gasteiger partial charge on any atom is 0.265 e. The molecule has 1 amide bonds. The largest absolute Gasteiger partial charge is 0.494 e. The van der Waals surface area contributed by atoms with Crippen LogP contribution in [0.15, 0.2) is 65.5 Å². The molecule has 1 N–H and O–H groups in total. The van der Waals surface area contributed by atoms with E-state index in [4.69, 9.17) is 4.74 Å². The van der Waals surface area contributed by atoms with Gasteiger partial charge in [0.25, 0.3) is 11.5 Å². The van der Waals surface area contributed by atoms with Crippen LogP contribution in [0.2, 0.25) is 0 Å². The summed E-state index contributed by atoms with van der Waals surface area (Å²) in [7, 11) is 1.42. The highest BCUT2D eigenvalue weighted by molar-refractivity contribution is 6.05. The Kier molecular flexibility index (Phi) is 5.21. The number of methoxy groups -OCH3 is 1. The zero-order valence-corrected chi connectivity index (χ0v) is 16.6. The lowest BCUT2D eigenvalue weighted by molar-refractivity contribution is 0.102. The fraction of sp³-hybridized carbons (Fsp3) is 0.0870. The van der Waals surface area contributed by atoms with Gasteiger partial charge in [0.1, 0.15) is 11.6 Å². The minimum absolute atomic E-state index is 0.0455. The van der Waals surface area contributed by atoms with Gasteiger partial charge in [-0.05, 0) is 49.4 Å². The highest BCUT2D eigenvalue weighted by Crippen LogP contribution is 2.28. The summed E-state index contributed by atoms with van der Waals surface area (Å²) in [5, 5.41) is 3.08. The van der Waals surface area contributed by atoms with E-state index in [-0.39, 0.29) is 16.9 Å². The van der Waals surface area contributed by atoms with Crippen molar-refractivity contribution in [3.8, 4) is 11.4 Å². The number of benzene rings is 3. The molecule has 0 aliphatic rings. The van der Waals surface area contributed by atoms with Crippen molar-refractivity contribution in [3.63, 3.8) is 0 Å². The molecule has 0 fully saturated rings. The van der Waals surface area contributed by atoms with Crippen molar-refractivity contribution in [1.29, 1.82) is 0 Å². The number of aromatic nitrogens is 2. The minimum Gasteiger partial charge on any atom is -0.494 e. The van der Waals surface area contributed by atoms with Crippen LogP contribution in [0.1, 0.15) is 16.2 Å². The molecule has 0 unspecified atom stereocenters. The lowest BCUT2D eigenvalue weighted by Gasteiger charge is -2.15. The second kappa shape index (κ2) is 7.98. The Morgan fingerprint density at radius 2 is 1.81 bits per heavy atom. The zero-order chi connectivity index (χ0) is 22.1. The summed E-state index contributed by atoms with van der Waals surface area (Å²) in [6.45, 7) is 1.72. The molecule has 31 heavy (non-hydrogen) atoms. The molecule has 1 heterocycles. The second-order valence-corrected chi connectivity index (χ2v) is 6.78. The Balaban J connectivity index is 1.72. The summed E-state index contributed by atoms with van der Waals surface area (Å²) in [6.07, 6.45) is 0. The predicted octanol–water partition coefficient (Wildman–Crippen LogP) is 4.23. The van der Waals surface area contributed by atoms with Crippen molar-refractivity contribution in [3.05, 3.63) is 94.0 Å². The highest BCUT2D eigenvalue weighted by Gasteiger charge is 2.15. The maximum absolute atomic E-state index is 13.4. The zero-order valence-electron chi connectivity index (χ0n) is 16.6. The summed E-state index contributed by atoms with van der Waals surface area (Å²) < 4.78 is 33.4. The van der Waals surface area contributed by atoms with Crippen molar-refractivity contribution in [1.82, 2.24) is 9.55 Å². The van der Waals surface area contributed by atoms with Crippen molar-refractivity contribution >= 4 is 22.5 Å². The van der Waals surface area contributed by atoms with Crippen molar-refractivity contribution in [2.75, 3.05) is 12.4 Å². The van der Waals surface area contributed by atoms with E-state index >= 15 is 0 Å². The van der Waals surface area contributed by atoms with Crippen molar-refractivity contribution < 1.29 is 18.3 Å². The van der Waals surface area contributed by atoms with Gasteiger partial charge in [-0.25, -0.2) is 13.8 Å². The number of fused-ring (bicyclic) bond motifs is 1. The number of carbonyl (C=O) groups is 1. The molecular formula is C23H17F2N3O3. The van der Waals surface area contributed by atoms with E-state index in [0.717, 1.165) is 12.1 Å². The molecule has 0 radical (unpaired) electrons. The van der Waals surface area contributed by atoms with Crippen molar-refractivity contribution in [2.24, 2.45) is 0 Å². The molecule has 0 bridgehead atoms. The van der Waals surface area contributed by atoms with Gasteiger partial charge in [-0.2, -0.15) is 0 Å². The van der Waals surface area contributed by atoms with Gasteiger partial charge in [-0.1, -0.05) is 12.1 Å². The molecule has 6 nitrogen and oxygen atoms in total. The SMILES string of the molecule is COc1cc(-n2c(C)nc3ccccc3c2=O)ccc1NC(=O)c1ccc(F)c(F)c1. The summed E-state index contributed by atoms with van der Waals surface area (Å²) in [4.78, 5) is 29.9. The molecule has 8 heteroatoms. The summed E-state index contributed by atoms with van der Waals surface area (Å²) in [6, 6.07) is 14.7. The van der Waals surface area contributed by atoms with E-state index in [1.165, 1.54) is 17.7 Å². The van der Waals surface area contributed by atoms with Gasteiger partial charge in [0, 0.05) is 11.6 Å². The van der Waals surface area contributed by atoms with Gasteiger partial charge in [0.2, 0.25) is 0 Å². The number of nitrogens with zero attached hydrogens (tertiary/aromatic N) is 2. The lowest BCUT2D eigenvalue weighted by atomic mass is 10.2. The Hall–Kier alpha value is -4.07. The number of rotatable bonds is 4. The number of aryl methyl sites for hydroxylation is 1. The van der Waals surface area contributed by atoms with Gasteiger partial charge in [0.15, 0.2) is 11.6 Å². The van der Waals surface area contributed by atoms with Crippen LogP contribution in [-0.4, -0.2) is 22.6 Å². The quantitative estimate of drug-likeness (QED) is 0.535. The monoisotopic (exact) mass is 421 g/mol. The standard InChI is InChI=1S/C23H17F2N3O3/c1-13-26-19-6-4-3-5-16(19)23(30)28(13)15-8-10-20(21(12-15)31-2)27-22(29)14-7-9-17(24)18(25)11-14/h3-12H,1-2H3,(H,27,29). The average Bonchev–Trinajstić information content (AvgIpc) is 2.76. The number of ether oxygens (including phenoxy) is 1. The molecule has 4 rings (SSSR count). The van der Waals surface area contributed by atoms with Crippen LogP contribution in [0.5, 0.6) is 5.75 Å². The molecule has 0 spiro atoms. The summed E-state index contributed by atoms with van der Waals surface area (Å²) >= 11 is 0. The van der Waals surface area contributed by atoms with Crippen LogP contribution < -0.4 is 15.6 Å². The minimum atomic E-state index is -1.12. The van der Waals surface area contributed by atoms with Gasteiger partial charge in [-0.3, -0.25) is 14.2 Å².